The summed E-state index contributed by atoms with van der Waals surface area (Å²) in [4.78, 5) is 41.2. The van der Waals surface area contributed by atoms with Crippen LogP contribution in [-0.2, 0) is 16.1 Å². The summed E-state index contributed by atoms with van der Waals surface area (Å²) < 4.78 is 23.9. The number of fused-ring (bicyclic) bond motifs is 2. The molecule has 0 aromatic heterocycles. The van der Waals surface area contributed by atoms with Crippen molar-refractivity contribution in [2.45, 2.75) is 18.6 Å². The number of amides is 4. The van der Waals surface area contributed by atoms with Gasteiger partial charge >= 0.3 is 6.03 Å². The minimum atomic E-state index is -0.798. The number of halogens is 1. The molecule has 9 nitrogen and oxygen atoms in total. The highest BCUT2D eigenvalue weighted by Crippen LogP contribution is 2.33. The van der Waals surface area contributed by atoms with E-state index in [4.69, 9.17) is 9.47 Å². The van der Waals surface area contributed by atoms with Gasteiger partial charge in [-0.3, -0.25) is 9.59 Å². The van der Waals surface area contributed by atoms with Gasteiger partial charge in [0, 0.05) is 19.8 Å². The predicted octanol–water partition coefficient (Wildman–Crippen LogP) is 1.49. The largest absolute Gasteiger partial charge is 0.454 e. The normalized spacial score (nSPS) is 21.2. The van der Waals surface area contributed by atoms with E-state index in [1.807, 2.05) is 6.07 Å². The van der Waals surface area contributed by atoms with E-state index < -0.39 is 35.7 Å². The second-order valence-corrected chi connectivity index (χ2v) is 7.64. The van der Waals surface area contributed by atoms with Crippen molar-refractivity contribution in [3.8, 4) is 11.5 Å². The SMILES string of the molecule is CN1C=C(C(=O)NCc2ccc3c(c2)OCO3)C2NC(=O)N(c3ccc(F)cc3)C(=O)C21. The monoisotopic (exact) mass is 438 g/mol. The van der Waals surface area contributed by atoms with Crippen LogP contribution in [0, 0.1) is 5.82 Å². The van der Waals surface area contributed by atoms with Crippen LogP contribution in [0.2, 0.25) is 0 Å². The summed E-state index contributed by atoms with van der Waals surface area (Å²) in [6, 6.07) is 8.17. The molecule has 10 heteroatoms. The first-order valence-electron chi connectivity index (χ1n) is 9.93. The number of hydrogen-bond acceptors (Lipinski definition) is 6. The molecule has 1 saturated heterocycles. The van der Waals surface area contributed by atoms with Crippen LogP contribution in [0.3, 0.4) is 0 Å². The van der Waals surface area contributed by atoms with Crippen LogP contribution in [0.25, 0.3) is 0 Å². The zero-order chi connectivity index (χ0) is 22.4. The van der Waals surface area contributed by atoms with E-state index in [9.17, 15) is 18.8 Å². The van der Waals surface area contributed by atoms with E-state index in [1.54, 1.807) is 30.3 Å². The van der Waals surface area contributed by atoms with Crippen LogP contribution >= 0.6 is 0 Å². The zero-order valence-corrected chi connectivity index (χ0v) is 17.0. The molecule has 3 aliphatic heterocycles. The maximum Gasteiger partial charge on any atom is 0.329 e. The van der Waals surface area contributed by atoms with Crippen LogP contribution in [0.5, 0.6) is 11.5 Å². The first-order valence-corrected chi connectivity index (χ1v) is 9.93. The van der Waals surface area contributed by atoms with Crippen molar-refractivity contribution in [3.63, 3.8) is 0 Å². The highest BCUT2D eigenvalue weighted by Gasteiger charge is 2.49. The topological polar surface area (TPSA) is 100 Å². The molecule has 2 unspecified atom stereocenters. The lowest BCUT2D eigenvalue weighted by molar-refractivity contribution is -0.122. The van der Waals surface area contributed by atoms with Crippen LogP contribution in [0.1, 0.15) is 5.56 Å². The van der Waals surface area contributed by atoms with Crippen LogP contribution in [-0.4, -0.2) is 48.7 Å². The Morgan fingerprint density at radius 2 is 1.91 bits per heavy atom. The lowest BCUT2D eigenvalue weighted by atomic mass is 9.99. The van der Waals surface area contributed by atoms with Gasteiger partial charge in [-0.15, -0.1) is 0 Å². The van der Waals surface area contributed by atoms with Gasteiger partial charge in [0.1, 0.15) is 11.9 Å². The number of imide groups is 1. The molecule has 3 heterocycles. The Morgan fingerprint density at radius 1 is 1.16 bits per heavy atom. The van der Waals surface area contributed by atoms with E-state index in [0.29, 0.717) is 11.5 Å². The molecule has 2 aromatic rings. The third kappa shape index (κ3) is 3.29. The van der Waals surface area contributed by atoms with Gasteiger partial charge in [-0.05, 0) is 42.0 Å². The number of benzene rings is 2. The second kappa shape index (κ2) is 7.56. The summed E-state index contributed by atoms with van der Waals surface area (Å²) in [5.41, 5.74) is 1.34. The number of likely N-dealkylation sites (N-methyl/N-ethyl adjacent to an activating group) is 1. The Labute approximate surface area is 182 Å². The van der Waals surface area contributed by atoms with Gasteiger partial charge < -0.3 is 25.0 Å². The first kappa shape index (κ1) is 19.9. The summed E-state index contributed by atoms with van der Waals surface area (Å²) in [5, 5.41) is 5.55. The highest BCUT2D eigenvalue weighted by atomic mass is 19.1. The highest BCUT2D eigenvalue weighted by molar-refractivity contribution is 6.19. The summed E-state index contributed by atoms with van der Waals surface area (Å²) in [6.45, 7) is 0.396. The zero-order valence-electron chi connectivity index (χ0n) is 17.0. The van der Waals surface area contributed by atoms with Gasteiger partial charge in [-0.25, -0.2) is 14.1 Å². The standard InChI is InChI=1S/C22H19FN4O5/c1-26-10-15(20(28)24-9-12-2-7-16-17(8-12)32-11-31-16)18-19(26)21(29)27(22(30)25-18)14-5-3-13(23)4-6-14/h2-8,10,18-19H,9,11H2,1H3,(H,24,28)(H,25,30). The van der Waals surface area contributed by atoms with Crippen LogP contribution in [0.15, 0.2) is 54.2 Å². The molecule has 0 saturated carbocycles. The summed E-state index contributed by atoms with van der Waals surface area (Å²) in [5.74, 6) is -0.106. The van der Waals surface area contributed by atoms with E-state index >= 15 is 0 Å². The van der Waals surface area contributed by atoms with Gasteiger partial charge in [-0.2, -0.15) is 0 Å². The Kier molecular flexibility index (Phi) is 4.69. The molecule has 4 amide bonds. The number of anilines is 1. The summed E-state index contributed by atoms with van der Waals surface area (Å²) in [6.07, 6.45) is 1.55. The fourth-order valence-corrected chi connectivity index (χ4v) is 4.06. The molecule has 2 atom stereocenters. The van der Waals surface area contributed by atoms with Crippen molar-refractivity contribution < 1.29 is 28.2 Å². The molecular weight excluding hydrogens is 419 g/mol. The average molecular weight is 438 g/mol. The average Bonchev–Trinajstić information content (AvgIpc) is 3.37. The Hall–Kier alpha value is -4.08. The van der Waals surface area contributed by atoms with E-state index in [-0.39, 0.29) is 24.6 Å². The molecule has 5 rings (SSSR count). The number of hydrogen-bond donors (Lipinski definition) is 2. The van der Waals surface area contributed by atoms with E-state index in [2.05, 4.69) is 10.6 Å². The van der Waals surface area contributed by atoms with Crippen molar-refractivity contribution in [1.82, 2.24) is 15.5 Å². The number of nitrogens with one attached hydrogen (secondary N) is 2. The lowest BCUT2D eigenvalue weighted by Gasteiger charge is -2.37. The van der Waals surface area contributed by atoms with Crippen LogP contribution in [0.4, 0.5) is 14.9 Å². The number of rotatable bonds is 4. The molecule has 1 fully saturated rings. The van der Waals surface area contributed by atoms with Gasteiger partial charge in [-0.1, -0.05) is 6.07 Å². The molecule has 0 bridgehead atoms. The molecule has 3 aliphatic rings. The van der Waals surface area contributed by atoms with Crippen molar-refractivity contribution >= 4 is 23.5 Å². The van der Waals surface area contributed by atoms with E-state index in [1.165, 1.54) is 24.3 Å². The van der Waals surface area contributed by atoms with Crippen molar-refractivity contribution in [2.24, 2.45) is 0 Å². The molecule has 2 aromatic carbocycles. The number of urea groups is 1. The summed E-state index contributed by atoms with van der Waals surface area (Å²) in [7, 11) is 1.66. The van der Waals surface area contributed by atoms with Crippen molar-refractivity contribution in [1.29, 1.82) is 0 Å². The second-order valence-electron chi connectivity index (χ2n) is 7.64. The van der Waals surface area contributed by atoms with Crippen molar-refractivity contribution in [3.05, 3.63) is 65.6 Å². The Bertz CT molecular complexity index is 1150. The molecule has 2 N–H and O–H groups in total. The Balaban J connectivity index is 1.30. The molecular formula is C22H19FN4O5. The lowest BCUT2D eigenvalue weighted by Crippen LogP contribution is -2.65. The number of carbonyl (C=O) groups excluding carboxylic acids is 3. The minimum absolute atomic E-state index is 0.163. The fourth-order valence-electron chi connectivity index (χ4n) is 4.06. The van der Waals surface area contributed by atoms with Crippen molar-refractivity contribution in [2.75, 3.05) is 18.7 Å². The first-order chi connectivity index (χ1) is 15.4. The molecule has 0 spiro atoms. The molecule has 0 radical (unpaired) electrons. The smallest absolute Gasteiger partial charge is 0.329 e. The number of ether oxygens (including phenoxy) is 2. The van der Waals surface area contributed by atoms with Gasteiger partial charge in [0.2, 0.25) is 6.79 Å². The molecule has 32 heavy (non-hydrogen) atoms. The fraction of sp³-hybridized carbons (Fsp3) is 0.227. The predicted molar refractivity (Wildman–Crippen MR) is 110 cm³/mol. The van der Waals surface area contributed by atoms with Crippen LogP contribution < -0.4 is 25.0 Å². The quantitative estimate of drug-likeness (QED) is 0.751. The summed E-state index contributed by atoms with van der Waals surface area (Å²) >= 11 is 0. The maximum absolute atomic E-state index is 13.2. The number of carbonyl (C=O) groups is 3. The maximum atomic E-state index is 13.2. The van der Waals surface area contributed by atoms with Gasteiger partial charge in [0.25, 0.3) is 11.8 Å². The third-order valence-electron chi connectivity index (χ3n) is 5.62. The van der Waals surface area contributed by atoms with E-state index in [0.717, 1.165) is 10.5 Å². The van der Waals surface area contributed by atoms with Gasteiger partial charge in [0.05, 0.1) is 17.3 Å². The number of nitrogens with zero attached hydrogens (tertiary/aromatic N) is 2. The van der Waals surface area contributed by atoms with Gasteiger partial charge in [0.15, 0.2) is 11.5 Å². The minimum Gasteiger partial charge on any atom is -0.454 e. The third-order valence-corrected chi connectivity index (χ3v) is 5.62. The molecule has 0 aliphatic carbocycles. The Morgan fingerprint density at radius 3 is 2.69 bits per heavy atom. The molecule has 164 valence electrons.